The fourth-order valence-corrected chi connectivity index (χ4v) is 4.31. The Morgan fingerprint density at radius 1 is 1.00 bits per heavy atom. The molecule has 26 heavy (non-hydrogen) atoms. The van der Waals surface area contributed by atoms with Gasteiger partial charge in [-0.15, -0.1) is 0 Å². The molecule has 0 unspecified atom stereocenters. The topological polar surface area (TPSA) is 49.0 Å². The average Bonchev–Trinajstić information content (AvgIpc) is 3.39. The molecule has 4 nitrogen and oxygen atoms in total. The van der Waals surface area contributed by atoms with Crippen LogP contribution in [0.25, 0.3) is 11.0 Å². The van der Waals surface area contributed by atoms with Crippen molar-refractivity contribution >= 4 is 16.9 Å². The monoisotopic (exact) mass is 345 g/mol. The summed E-state index contributed by atoms with van der Waals surface area (Å²) in [7, 11) is 0. The normalized spacial score (nSPS) is 23.3. The summed E-state index contributed by atoms with van der Waals surface area (Å²) in [6.45, 7) is 1.69. The van der Waals surface area contributed by atoms with Gasteiger partial charge in [0.1, 0.15) is 5.82 Å². The molecule has 1 aliphatic heterocycles. The molecule has 4 heteroatoms. The third-order valence-electron chi connectivity index (χ3n) is 5.94. The number of aromatic amines is 1. The number of rotatable bonds is 3. The van der Waals surface area contributed by atoms with Gasteiger partial charge in [0, 0.05) is 24.9 Å². The number of likely N-dealkylation sites (tertiary alicyclic amines) is 1. The van der Waals surface area contributed by atoms with Gasteiger partial charge < -0.3 is 9.88 Å². The van der Waals surface area contributed by atoms with Gasteiger partial charge in [-0.1, -0.05) is 42.5 Å². The molecule has 3 aromatic rings. The van der Waals surface area contributed by atoms with Crippen LogP contribution in [-0.2, 0) is 4.79 Å². The third kappa shape index (κ3) is 2.79. The van der Waals surface area contributed by atoms with Gasteiger partial charge in [-0.3, -0.25) is 4.79 Å². The number of nitrogens with one attached hydrogen (secondary N) is 1. The first kappa shape index (κ1) is 15.6. The summed E-state index contributed by atoms with van der Waals surface area (Å²) in [5.74, 6) is 2.47. The summed E-state index contributed by atoms with van der Waals surface area (Å²) in [4.78, 5) is 23.1. The summed E-state index contributed by atoms with van der Waals surface area (Å²) in [6, 6.07) is 18.6. The molecular formula is C22H23N3O. The van der Waals surface area contributed by atoms with Crippen LogP contribution < -0.4 is 0 Å². The number of carbonyl (C=O) groups is 1. The van der Waals surface area contributed by atoms with Crippen molar-refractivity contribution in [1.29, 1.82) is 0 Å². The number of amides is 1. The standard InChI is InChI=1S/C22H23N3O/c26-22(18-14-17(18)15-6-2-1-3-7-15)25-12-10-16(11-13-25)21-23-19-8-4-5-9-20(19)24-21/h1-9,16-18H,10-14H2,(H,23,24)/t17-,18-/m1/s1. The zero-order valence-electron chi connectivity index (χ0n) is 14.8. The first-order valence-electron chi connectivity index (χ1n) is 9.58. The number of aromatic nitrogens is 2. The number of fused-ring (bicyclic) bond motifs is 1. The number of H-pyrrole nitrogens is 1. The molecule has 0 spiro atoms. The van der Waals surface area contributed by atoms with Crippen LogP contribution in [0.3, 0.4) is 0 Å². The second-order valence-corrected chi connectivity index (χ2v) is 7.60. The maximum atomic E-state index is 12.8. The van der Waals surface area contributed by atoms with E-state index in [-0.39, 0.29) is 5.92 Å². The van der Waals surface area contributed by atoms with E-state index < -0.39 is 0 Å². The lowest BCUT2D eigenvalue weighted by Crippen LogP contribution is -2.39. The Hall–Kier alpha value is -2.62. The van der Waals surface area contributed by atoms with Crippen molar-refractivity contribution in [3.05, 3.63) is 66.0 Å². The van der Waals surface area contributed by atoms with E-state index in [4.69, 9.17) is 4.98 Å². The molecule has 0 bridgehead atoms. The van der Waals surface area contributed by atoms with Crippen molar-refractivity contribution in [2.75, 3.05) is 13.1 Å². The smallest absolute Gasteiger partial charge is 0.226 e. The van der Waals surface area contributed by atoms with Gasteiger partial charge >= 0.3 is 0 Å². The van der Waals surface area contributed by atoms with Crippen LogP contribution in [0.5, 0.6) is 0 Å². The minimum absolute atomic E-state index is 0.195. The van der Waals surface area contributed by atoms with E-state index in [2.05, 4.69) is 40.2 Å². The van der Waals surface area contributed by atoms with Crippen LogP contribution in [0, 0.1) is 5.92 Å². The summed E-state index contributed by atoms with van der Waals surface area (Å²) < 4.78 is 0. The molecule has 1 aliphatic carbocycles. The number of piperidine rings is 1. The highest BCUT2D eigenvalue weighted by Crippen LogP contribution is 2.48. The molecule has 2 aliphatic rings. The van der Waals surface area contributed by atoms with Gasteiger partial charge in [-0.2, -0.15) is 0 Å². The van der Waals surface area contributed by atoms with Crippen LogP contribution >= 0.6 is 0 Å². The molecular weight excluding hydrogens is 322 g/mol. The van der Waals surface area contributed by atoms with E-state index in [1.165, 1.54) is 5.56 Å². The van der Waals surface area contributed by atoms with Crippen LogP contribution in [0.2, 0.25) is 0 Å². The Labute approximate surface area is 153 Å². The van der Waals surface area contributed by atoms with Crippen LogP contribution in [0.1, 0.15) is 42.5 Å². The minimum Gasteiger partial charge on any atom is -0.342 e. The maximum Gasteiger partial charge on any atom is 0.226 e. The zero-order chi connectivity index (χ0) is 17.5. The number of carbonyl (C=O) groups excluding carboxylic acids is 1. The minimum atomic E-state index is 0.195. The molecule has 132 valence electrons. The van der Waals surface area contributed by atoms with Crippen molar-refractivity contribution in [3.63, 3.8) is 0 Å². The van der Waals surface area contributed by atoms with Crippen molar-refractivity contribution in [1.82, 2.24) is 14.9 Å². The van der Waals surface area contributed by atoms with Gasteiger partial charge in [-0.25, -0.2) is 4.98 Å². The van der Waals surface area contributed by atoms with E-state index in [1.807, 2.05) is 24.3 Å². The van der Waals surface area contributed by atoms with Crippen LogP contribution in [0.15, 0.2) is 54.6 Å². The molecule has 1 saturated heterocycles. The van der Waals surface area contributed by atoms with Crippen LogP contribution in [-0.4, -0.2) is 33.9 Å². The summed E-state index contributed by atoms with van der Waals surface area (Å²) in [5, 5.41) is 0. The van der Waals surface area contributed by atoms with Crippen molar-refractivity contribution in [2.24, 2.45) is 5.92 Å². The van der Waals surface area contributed by atoms with Gasteiger partial charge in [0.05, 0.1) is 11.0 Å². The third-order valence-corrected chi connectivity index (χ3v) is 5.94. The Morgan fingerprint density at radius 2 is 1.73 bits per heavy atom. The predicted octanol–water partition coefficient (Wildman–Crippen LogP) is 4.07. The Kier molecular flexibility index (Phi) is 3.77. The molecule has 2 heterocycles. The number of nitrogens with zero attached hydrogens (tertiary/aromatic N) is 2. The van der Waals surface area contributed by atoms with E-state index >= 15 is 0 Å². The van der Waals surface area contributed by atoms with Gasteiger partial charge in [0.25, 0.3) is 0 Å². The fourth-order valence-electron chi connectivity index (χ4n) is 4.31. The lowest BCUT2D eigenvalue weighted by atomic mass is 9.95. The van der Waals surface area contributed by atoms with Gasteiger partial charge in [-0.05, 0) is 42.9 Å². The van der Waals surface area contributed by atoms with E-state index in [0.717, 1.165) is 49.2 Å². The highest BCUT2D eigenvalue weighted by atomic mass is 16.2. The Morgan fingerprint density at radius 3 is 2.50 bits per heavy atom. The average molecular weight is 345 g/mol. The lowest BCUT2D eigenvalue weighted by Gasteiger charge is -2.31. The first-order valence-corrected chi connectivity index (χ1v) is 9.58. The molecule has 1 saturated carbocycles. The molecule has 0 radical (unpaired) electrons. The molecule has 1 N–H and O–H groups in total. The number of hydrogen-bond donors (Lipinski definition) is 1. The molecule has 1 aromatic heterocycles. The number of hydrogen-bond acceptors (Lipinski definition) is 2. The van der Waals surface area contributed by atoms with E-state index in [0.29, 0.717) is 17.7 Å². The summed E-state index contributed by atoms with van der Waals surface area (Å²) >= 11 is 0. The SMILES string of the molecule is O=C([C@@H]1C[C@@H]1c1ccccc1)N1CCC(c2nc3ccccc3[nH]2)CC1. The van der Waals surface area contributed by atoms with E-state index in [9.17, 15) is 4.79 Å². The second-order valence-electron chi connectivity index (χ2n) is 7.60. The first-order chi connectivity index (χ1) is 12.8. The van der Waals surface area contributed by atoms with Gasteiger partial charge in [0.15, 0.2) is 0 Å². The highest BCUT2D eigenvalue weighted by molar-refractivity contribution is 5.83. The Bertz CT molecular complexity index is 892. The second kappa shape index (κ2) is 6.27. The number of imidazole rings is 1. The van der Waals surface area contributed by atoms with Gasteiger partial charge in [0.2, 0.25) is 5.91 Å². The summed E-state index contributed by atoms with van der Waals surface area (Å²) in [5.41, 5.74) is 3.44. The Balaban J connectivity index is 1.21. The molecule has 2 fully saturated rings. The number of benzene rings is 2. The molecule has 1 amide bonds. The predicted molar refractivity (Wildman–Crippen MR) is 102 cm³/mol. The lowest BCUT2D eigenvalue weighted by molar-refractivity contribution is -0.133. The maximum absolute atomic E-state index is 12.8. The zero-order valence-corrected chi connectivity index (χ0v) is 14.8. The van der Waals surface area contributed by atoms with Crippen molar-refractivity contribution in [3.8, 4) is 0 Å². The molecule has 2 atom stereocenters. The fraction of sp³-hybridized carbons (Fsp3) is 0.364. The van der Waals surface area contributed by atoms with Crippen molar-refractivity contribution in [2.45, 2.75) is 31.1 Å². The number of para-hydroxylation sites is 2. The quantitative estimate of drug-likeness (QED) is 0.778. The van der Waals surface area contributed by atoms with Crippen LogP contribution in [0.4, 0.5) is 0 Å². The molecule has 5 rings (SSSR count). The van der Waals surface area contributed by atoms with E-state index in [1.54, 1.807) is 0 Å². The highest BCUT2D eigenvalue weighted by Gasteiger charge is 2.46. The van der Waals surface area contributed by atoms with Crippen molar-refractivity contribution < 1.29 is 4.79 Å². The summed E-state index contributed by atoms with van der Waals surface area (Å²) in [6.07, 6.45) is 2.99. The largest absolute Gasteiger partial charge is 0.342 e. The molecule has 2 aromatic carbocycles.